The van der Waals surface area contributed by atoms with E-state index >= 15 is 0 Å². The van der Waals surface area contributed by atoms with Crippen LogP contribution in [0.15, 0.2) is 54.6 Å². The third-order valence-electron chi connectivity index (χ3n) is 4.51. The van der Waals surface area contributed by atoms with Crippen LogP contribution in [0.4, 0.5) is 5.69 Å². The first-order valence-electron chi connectivity index (χ1n) is 8.75. The first kappa shape index (κ1) is 17.8. The van der Waals surface area contributed by atoms with Crippen LogP contribution in [0.3, 0.4) is 0 Å². The van der Waals surface area contributed by atoms with Crippen molar-refractivity contribution in [1.29, 1.82) is 0 Å². The topological polar surface area (TPSA) is 35.6 Å². The van der Waals surface area contributed by atoms with Crippen molar-refractivity contribution >= 4 is 23.2 Å². The Labute approximate surface area is 154 Å². The number of rotatable bonds is 6. The number of anilines is 1. The van der Waals surface area contributed by atoms with Crippen molar-refractivity contribution in [2.45, 2.75) is 6.42 Å². The number of halogens is 1. The van der Waals surface area contributed by atoms with Crippen LogP contribution in [0.25, 0.3) is 0 Å². The fourth-order valence-electron chi connectivity index (χ4n) is 3.09. The zero-order valence-electron chi connectivity index (χ0n) is 14.3. The van der Waals surface area contributed by atoms with Gasteiger partial charge in [-0.15, -0.1) is 0 Å². The summed E-state index contributed by atoms with van der Waals surface area (Å²) in [6.45, 7) is 4.51. The Kier molecular flexibility index (Phi) is 6.31. The van der Waals surface area contributed by atoms with Gasteiger partial charge in [0.15, 0.2) is 0 Å². The summed E-state index contributed by atoms with van der Waals surface area (Å²) < 4.78 is 0. The van der Waals surface area contributed by atoms with E-state index < -0.39 is 0 Å². The standard InChI is InChI=1S/C20H24ClN3O/c21-18-6-4-5-17(15-18)9-10-22-16-20(25)24-13-11-23(12-14-24)19-7-2-1-3-8-19/h1-8,15,22H,9-14,16H2. The Bertz CT molecular complexity index is 684. The van der Waals surface area contributed by atoms with Crippen molar-refractivity contribution in [1.82, 2.24) is 10.2 Å². The maximum absolute atomic E-state index is 12.3. The number of carbonyl (C=O) groups excluding carboxylic acids is 1. The molecule has 2 aromatic rings. The highest BCUT2D eigenvalue weighted by molar-refractivity contribution is 6.30. The monoisotopic (exact) mass is 357 g/mol. The van der Waals surface area contributed by atoms with Crippen LogP contribution >= 0.6 is 11.6 Å². The zero-order chi connectivity index (χ0) is 17.5. The molecule has 0 bridgehead atoms. The highest BCUT2D eigenvalue weighted by Crippen LogP contribution is 2.15. The number of benzene rings is 2. The van der Waals surface area contributed by atoms with Crippen molar-refractivity contribution in [3.8, 4) is 0 Å². The predicted molar refractivity (Wildman–Crippen MR) is 103 cm³/mol. The number of carbonyl (C=O) groups is 1. The van der Waals surface area contributed by atoms with E-state index in [4.69, 9.17) is 11.6 Å². The van der Waals surface area contributed by atoms with Gasteiger partial charge in [0.25, 0.3) is 0 Å². The van der Waals surface area contributed by atoms with Gasteiger partial charge in [-0.1, -0.05) is 41.9 Å². The molecule has 1 N–H and O–H groups in total. The fraction of sp³-hybridized carbons (Fsp3) is 0.350. The first-order chi connectivity index (χ1) is 12.2. The fourth-order valence-corrected chi connectivity index (χ4v) is 3.30. The molecule has 0 aromatic heterocycles. The Morgan fingerprint density at radius 1 is 1.00 bits per heavy atom. The number of hydrogen-bond donors (Lipinski definition) is 1. The van der Waals surface area contributed by atoms with E-state index in [-0.39, 0.29) is 5.91 Å². The van der Waals surface area contributed by atoms with Crippen LogP contribution in [0.5, 0.6) is 0 Å². The number of nitrogens with one attached hydrogen (secondary N) is 1. The molecule has 1 amide bonds. The minimum Gasteiger partial charge on any atom is -0.368 e. The van der Waals surface area contributed by atoms with E-state index in [0.29, 0.717) is 6.54 Å². The molecule has 1 saturated heterocycles. The lowest BCUT2D eigenvalue weighted by atomic mass is 10.1. The smallest absolute Gasteiger partial charge is 0.236 e. The Hall–Kier alpha value is -2.04. The number of piperazine rings is 1. The molecule has 0 unspecified atom stereocenters. The van der Waals surface area contributed by atoms with Crippen LogP contribution in [0, 0.1) is 0 Å². The molecular weight excluding hydrogens is 334 g/mol. The average Bonchev–Trinajstić information content (AvgIpc) is 2.66. The van der Waals surface area contributed by atoms with E-state index in [2.05, 4.69) is 40.5 Å². The quantitative estimate of drug-likeness (QED) is 0.807. The summed E-state index contributed by atoms with van der Waals surface area (Å²) in [5.41, 5.74) is 2.41. The Balaban J connectivity index is 1.37. The van der Waals surface area contributed by atoms with Gasteiger partial charge < -0.3 is 15.1 Å². The largest absolute Gasteiger partial charge is 0.368 e. The van der Waals surface area contributed by atoms with Gasteiger partial charge in [-0.3, -0.25) is 4.79 Å². The summed E-state index contributed by atoms with van der Waals surface area (Å²) in [4.78, 5) is 16.6. The predicted octanol–water partition coefficient (Wildman–Crippen LogP) is 2.82. The summed E-state index contributed by atoms with van der Waals surface area (Å²) in [6, 6.07) is 18.2. The van der Waals surface area contributed by atoms with E-state index in [1.165, 1.54) is 11.3 Å². The molecule has 0 spiro atoms. The van der Waals surface area contributed by atoms with Gasteiger partial charge in [0, 0.05) is 36.9 Å². The van der Waals surface area contributed by atoms with E-state index in [1.807, 2.05) is 29.2 Å². The van der Waals surface area contributed by atoms with Crippen molar-refractivity contribution in [3.63, 3.8) is 0 Å². The molecule has 0 radical (unpaired) electrons. The zero-order valence-corrected chi connectivity index (χ0v) is 15.1. The highest BCUT2D eigenvalue weighted by Gasteiger charge is 2.20. The minimum absolute atomic E-state index is 0.179. The second kappa shape index (κ2) is 8.88. The van der Waals surface area contributed by atoms with Gasteiger partial charge in [-0.25, -0.2) is 0 Å². The van der Waals surface area contributed by atoms with Crippen LogP contribution in [-0.4, -0.2) is 50.1 Å². The Morgan fingerprint density at radius 3 is 2.48 bits per heavy atom. The number of para-hydroxylation sites is 1. The van der Waals surface area contributed by atoms with Gasteiger partial charge in [0.2, 0.25) is 5.91 Å². The molecule has 0 atom stereocenters. The molecule has 2 aromatic carbocycles. The van der Waals surface area contributed by atoms with Crippen molar-refractivity contribution < 1.29 is 4.79 Å². The lowest BCUT2D eigenvalue weighted by Crippen LogP contribution is -2.51. The molecule has 1 aliphatic rings. The first-order valence-corrected chi connectivity index (χ1v) is 9.13. The second-order valence-electron chi connectivity index (χ2n) is 6.26. The van der Waals surface area contributed by atoms with Gasteiger partial charge in [-0.2, -0.15) is 0 Å². The summed E-state index contributed by atoms with van der Waals surface area (Å²) in [7, 11) is 0. The third kappa shape index (κ3) is 5.21. The van der Waals surface area contributed by atoms with Gasteiger partial charge in [-0.05, 0) is 42.8 Å². The summed E-state index contributed by atoms with van der Waals surface area (Å²) >= 11 is 5.98. The molecule has 3 rings (SSSR count). The molecule has 25 heavy (non-hydrogen) atoms. The lowest BCUT2D eigenvalue weighted by Gasteiger charge is -2.36. The minimum atomic E-state index is 0.179. The Morgan fingerprint density at radius 2 is 1.76 bits per heavy atom. The number of nitrogens with zero attached hydrogens (tertiary/aromatic N) is 2. The maximum atomic E-state index is 12.3. The maximum Gasteiger partial charge on any atom is 0.236 e. The number of amides is 1. The van der Waals surface area contributed by atoms with Crippen molar-refractivity contribution in [2.24, 2.45) is 0 Å². The van der Waals surface area contributed by atoms with Crippen LogP contribution < -0.4 is 10.2 Å². The molecule has 4 nitrogen and oxygen atoms in total. The van der Waals surface area contributed by atoms with Gasteiger partial charge in [0.1, 0.15) is 0 Å². The van der Waals surface area contributed by atoms with E-state index in [9.17, 15) is 4.79 Å². The SMILES string of the molecule is O=C(CNCCc1cccc(Cl)c1)N1CCN(c2ccccc2)CC1. The van der Waals surface area contributed by atoms with Crippen LogP contribution in [0.2, 0.25) is 5.02 Å². The summed E-state index contributed by atoms with van der Waals surface area (Å²) in [5, 5.41) is 4.00. The highest BCUT2D eigenvalue weighted by atomic mass is 35.5. The molecule has 5 heteroatoms. The third-order valence-corrected chi connectivity index (χ3v) is 4.74. The van der Waals surface area contributed by atoms with Crippen molar-refractivity contribution in [3.05, 3.63) is 65.2 Å². The molecular formula is C20H24ClN3O. The van der Waals surface area contributed by atoms with Crippen LogP contribution in [-0.2, 0) is 11.2 Å². The summed E-state index contributed by atoms with van der Waals surface area (Å²) in [5.74, 6) is 0.179. The average molecular weight is 358 g/mol. The van der Waals surface area contributed by atoms with E-state index in [0.717, 1.165) is 44.2 Å². The molecule has 1 heterocycles. The summed E-state index contributed by atoms with van der Waals surface area (Å²) in [6.07, 6.45) is 0.871. The molecule has 0 aliphatic carbocycles. The second-order valence-corrected chi connectivity index (χ2v) is 6.70. The lowest BCUT2D eigenvalue weighted by molar-refractivity contribution is -0.130. The van der Waals surface area contributed by atoms with Crippen LogP contribution in [0.1, 0.15) is 5.56 Å². The normalized spacial score (nSPS) is 14.6. The van der Waals surface area contributed by atoms with Crippen molar-refractivity contribution in [2.75, 3.05) is 44.2 Å². The molecule has 132 valence electrons. The number of hydrogen-bond acceptors (Lipinski definition) is 3. The van der Waals surface area contributed by atoms with Gasteiger partial charge >= 0.3 is 0 Å². The molecule has 1 aliphatic heterocycles. The molecule has 0 saturated carbocycles. The molecule has 1 fully saturated rings. The van der Waals surface area contributed by atoms with Gasteiger partial charge in [0.05, 0.1) is 6.54 Å². The van der Waals surface area contributed by atoms with E-state index in [1.54, 1.807) is 0 Å².